The maximum absolute atomic E-state index is 14.1. The molecule has 0 aliphatic rings. The molecule has 0 unspecified atom stereocenters. The highest BCUT2D eigenvalue weighted by Gasteiger charge is 2.35. The van der Waals surface area contributed by atoms with Crippen molar-refractivity contribution in [2.45, 2.75) is 57.1 Å². The first kappa shape index (κ1) is 33.2. The number of amides is 2. The smallest absolute Gasteiger partial charge is 0.264 e. The van der Waals surface area contributed by atoms with Gasteiger partial charge in [-0.25, -0.2) is 12.8 Å². The summed E-state index contributed by atoms with van der Waals surface area (Å²) in [5.41, 5.74) is -0.134. The Balaban J connectivity index is 2.11. The van der Waals surface area contributed by atoms with Crippen LogP contribution in [0.15, 0.2) is 71.6 Å². The van der Waals surface area contributed by atoms with Crippen molar-refractivity contribution in [3.8, 4) is 5.75 Å². The largest absolute Gasteiger partial charge is 0.497 e. The van der Waals surface area contributed by atoms with Gasteiger partial charge in [-0.2, -0.15) is 0 Å². The van der Waals surface area contributed by atoms with Crippen LogP contribution in [0.5, 0.6) is 5.75 Å². The molecule has 12 heteroatoms. The lowest BCUT2D eigenvalue weighted by atomic mass is 10.1. The fourth-order valence-corrected chi connectivity index (χ4v) is 6.17. The van der Waals surface area contributed by atoms with Crippen LogP contribution in [0, 0.1) is 5.82 Å². The number of hydrogen-bond donors (Lipinski definition) is 1. The summed E-state index contributed by atoms with van der Waals surface area (Å²) in [6, 6.07) is 14.3. The Morgan fingerprint density at radius 3 is 2.05 bits per heavy atom. The predicted molar refractivity (Wildman–Crippen MR) is 163 cm³/mol. The second kappa shape index (κ2) is 13.8. The zero-order valence-electron chi connectivity index (χ0n) is 24.0. The molecule has 0 fully saturated rings. The van der Waals surface area contributed by atoms with Crippen LogP contribution in [0.2, 0.25) is 10.0 Å². The average Bonchev–Trinajstić information content (AvgIpc) is 2.92. The van der Waals surface area contributed by atoms with Crippen molar-refractivity contribution in [2.75, 3.05) is 18.0 Å². The number of carbonyl (C=O) groups is 2. The third-order valence-corrected chi connectivity index (χ3v) is 8.81. The van der Waals surface area contributed by atoms with E-state index < -0.39 is 45.8 Å². The number of hydrogen-bond acceptors (Lipinski definition) is 5. The molecule has 2 amide bonds. The fourth-order valence-electron chi connectivity index (χ4n) is 4.24. The molecule has 0 spiro atoms. The standard InChI is InChI=1S/C30H34Cl2FN3O5S/c1-6-27(29(38)34-30(2,3)4)35(18-24-25(31)8-7-9-26(24)32)28(37)19-36(21-12-10-20(33)11-13-21)42(39,40)23-16-14-22(41-5)15-17-23/h7-17,27H,6,18-19H2,1-5H3,(H,34,38)/t27-/m1/s1. The Morgan fingerprint density at radius 1 is 0.976 bits per heavy atom. The monoisotopic (exact) mass is 637 g/mol. The Labute approximate surface area is 256 Å². The fraction of sp³-hybridized carbons (Fsp3) is 0.333. The van der Waals surface area contributed by atoms with Gasteiger partial charge < -0.3 is 15.0 Å². The van der Waals surface area contributed by atoms with Gasteiger partial charge in [0.25, 0.3) is 10.0 Å². The first-order valence-electron chi connectivity index (χ1n) is 13.1. The van der Waals surface area contributed by atoms with E-state index in [-0.39, 0.29) is 33.6 Å². The molecular formula is C30H34Cl2FN3O5S. The van der Waals surface area contributed by atoms with Gasteiger partial charge in [-0.1, -0.05) is 36.2 Å². The molecule has 0 saturated heterocycles. The molecule has 3 aromatic carbocycles. The van der Waals surface area contributed by atoms with E-state index in [1.165, 1.54) is 48.4 Å². The van der Waals surface area contributed by atoms with Crippen molar-refractivity contribution < 1.29 is 27.1 Å². The Morgan fingerprint density at radius 2 is 1.55 bits per heavy atom. The minimum absolute atomic E-state index is 0.0588. The summed E-state index contributed by atoms with van der Waals surface area (Å²) < 4.78 is 47.6. The molecule has 0 aliphatic heterocycles. The van der Waals surface area contributed by atoms with E-state index >= 15 is 0 Å². The summed E-state index contributed by atoms with van der Waals surface area (Å²) in [5.74, 6) is -1.25. The zero-order valence-corrected chi connectivity index (χ0v) is 26.4. The van der Waals surface area contributed by atoms with Gasteiger partial charge in [-0.3, -0.25) is 13.9 Å². The lowest BCUT2D eigenvalue weighted by Crippen LogP contribution is -2.55. The number of anilines is 1. The highest BCUT2D eigenvalue weighted by molar-refractivity contribution is 7.92. The van der Waals surface area contributed by atoms with Gasteiger partial charge >= 0.3 is 0 Å². The van der Waals surface area contributed by atoms with Crippen molar-refractivity contribution in [1.29, 1.82) is 0 Å². The van der Waals surface area contributed by atoms with Crippen molar-refractivity contribution in [1.82, 2.24) is 10.2 Å². The summed E-state index contributed by atoms with van der Waals surface area (Å²) >= 11 is 12.9. The molecule has 0 aromatic heterocycles. The van der Waals surface area contributed by atoms with Crippen molar-refractivity contribution in [3.63, 3.8) is 0 Å². The second-order valence-electron chi connectivity index (χ2n) is 10.5. The summed E-state index contributed by atoms with van der Waals surface area (Å²) in [7, 11) is -2.88. The highest BCUT2D eigenvalue weighted by Crippen LogP contribution is 2.29. The van der Waals surface area contributed by atoms with E-state index in [9.17, 15) is 22.4 Å². The quantitative estimate of drug-likeness (QED) is 0.276. The molecule has 1 atom stereocenters. The number of nitrogens with zero attached hydrogens (tertiary/aromatic N) is 2. The Hall–Kier alpha value is -3.34. The molecule has 3 rings (SSSR count). The van der Waals surface area contributed by atoms with Gasteiger partial charge in [-0.05, 0) is 87.9 Å². The highest BCUT2D eigenvalue weighted by atomic mass is 35.5. The van der Waals surface area contributed by atoms with Gasteiger partial charge in [0.1, 0.15) is 24.2 Å². The molecule has 0 saturated carbocycles. The number of nitrogens with one attached hydrogen (secondary N) is 1. The topological polar surface area (TPSA) is 96.0 Å². The van der Waals surface area contributed by atoms with Crippen molar-refractivity contribution in [2.24, 2.45) is 0 Å². The van der Waals surface area contributed by atoms with E-state index in [0.717, 1.165) is 16.4 Å². The van der Waals surface area contributed by atoms with Gasteiger partial charge in [0.2, 0.25) is 11.8 Å². The number of methoxy groups -OCH3 is 1. The molecule has 1 N–H and O–H groups in total. The molecule has 0 radical (unpaired) electrons. The third kappa shape index (κ3) is 8.14. The Kier molecular flexibility index (Phi) is 10.9. The summed E-state index contributed by atoms with van der Waals surface area (Å²) in [4.78, 5) is 28.7. The SMILES string of the molecule is CC[C@H](C(=O)NC(C)(C)C)N(Cc1c(Cl)cccc1Cl)C(=O)CN(c1ccc(F)cc1)S(=O)(=O)c1ccc(OC)cc1. The van der Waals surface area contributed by atoms with E-state index in [1.807, 2.05) is 20.8 Å². The van der Waals surface area contributed by atoms with Crippen LogP contribution in [0.3, 0.4) is 0 Å². The van der Waals surface area contributed by atoms with Crippen LogP contribution in [0.4, 0.5) is 10.1 Å². The van der Waals surface area contributed by atoms with E-state index in [1.54, 1.807) is 25.1 Å². The summed E-state index contributed by atoms with van der Waals surface area (Å²) in [5, 5.41) is 3.46. The number of benzene rings is 3. The van der Waals surface area contributed by atoms with Gasteiger partial charge in [-0.15, -0.1) is 0 Å². The lowest BCUT2D eigenvalue weighted by molar-refractivity contribution is -0.141. The van der Waals surface area contributed by atoms with Gasteiger partial charge in [0.05, 0.1) is 17.7 Å². The average molecular weight is 639 g/mol. The second-order valence-corrected chi connectivity index (χ2v) is 13.2. The normalized spacial score (nSPS) is 12.4. The van der Waals surface area contributed by atoms with Crippen LogP contribution >= 0.6 is 23.2 Å². The number of sulfonamides is 1. The molecular weight excluding hydrogens is 604 g/mol. The first-order chi connectivity index (χ1) is 19.7. The third-order valence-electron chi connectivity index (χ3n) is 6.32. The molecule has 226 valence electrons. The first-order valence-corrected chi connectivity index (χ1v) is 15.3. The molecule has 8 nitrogen and oxygen atoms in total. The van der Waals surface area contributed by atoms with Gasteiger partial charge in [0, 0.05) is 27.7 Å². The maximum atomic E-state index is 14.1. The van der Waals surface area contributed by atoms with Crippen LogP contribution in [0.1, 0.15) is 39.7 Å². The van der Waals surface area contributed by atoms with Crippen molar-refractivity contribution >= 4 is 50.7 Å². The predicted octanol–water partition coefficient (Wildman–Crippen LogP) is 6.06. The van der Waals surface area contributed by atoms with Crippen LogP contribution in [-0.4, -0.2) is 50.4 Å². The minimum atomic E-state index is -4.34. The van der Waals surface area contributed by atoms with E-state index in [2.05, 4.69) is 5.32 Å². The summed E-state index contributed by atoms with van der Waals surface area (Å²) in [6.45, 7) is 6.33. The maximum Gasteiger partial charge on any atom is 0.264 e. The molecule has 0 aliphatic carbocycles. The molecule has 3 aromatic rings. The van der Waals surface area contributed by atoms with Crippen LogP contribution in [-0.2, 0) is 26.2 Å². The number of ether oxygens (including phenoxy) is 1. The molecule has 0 bridgehead atoms. The minimum Gasteiger partial charge on any atom is -0.497 e. The van der Waals surface area contributed by atoms with E-state index in [0.29, 0.717) is 11.3 Å². The lowest BCUT2D eigenvalue weighted by Gasteiger charge is -2.35. The van der Waals surface area contributed by atoms with Crippen LogP contribution in [0.25, 0.3) is 0 Å². The molecule has 0 heterocycles. The number of rotatable bonds is 11. The molecule has 42 heavy (non-hydrogen) atoms. The van der Waals surface area contributed by atoms with Crippen LogP contribution < -0.4 is 14.4 Å². The summed E-state index contributed by atoms with van der Waals surface area (Å²) in [6.07, 6.45) is 0.220. The van der Waals surface area contributed by atoms with Crippen molar-refractivity contribution in [3.05, 3.63) is 88.2 Å². The number of halogens is 3. The zero-order chi connectivity index (χ0) is 31.2. The van der Waals surface area contributed by atoms with Gasteiger partial charge in [0.15, 0.2) is 0 Å². The van der Waals surface area contributed by atoms with E-state index in [4.69, 9.17) is 27.9 Å². The Bertz CT molecular complexity index is 1490. The number of carbonyl (C=O) groups excluding carboxylic acids is 2.